The summed E-state index contributed by atoms with van der Waals surface area (Å²) in [6.45, 7) is 2.49. The number of para-hydroxylation sites is 1. The molecule has 84 valence electrons. The maximum absolute atomic E-state index is 11.3. The van der Waals surface area contributed by atoms with E-state index in [9.17, 15) is 8.42 Å². The zero-order valence-electron chi connectivity index (χ0n) is 8.86. The summed E-state index contributed by atoms with van der Waals surface area (Å²) in [7, 11) is -3.29. The zero-order chi connectivity index (χ0) is 11.5. The summed E-state index contributed by atoms with van der Waals surface area (Å²) >= 11 is 0. The molecule has 0 aliphatic rings. The van der Waals surface area contributed by atoms with Crippen LogP contribution in [-0.2, 0) is 9.84 Å². The number of rotatable bonds is 4. The van der Waals surface area contributed by atoms with Crippen LogP contribution in [0.2, 0.25) is 0 Å². The zero-order valence-corrected chi connectivity index (χ0v) is 9.67. The Morgan fingerprint density at radius 1 is 1.40 bits per heavy atom. The average Bonchev–Trinajstić information content (AvgIpc) is 2.14. The fourth-order valence-electron chi connectivity index (χ4n) is 1.19. The fraction of sp³-hybridized carbons (Fsp3) is 0.400. The Balaban J connectivity index is 3.12. The molecule has 0 saturated carbocycles. The normalized spacial score (nSPS) is 11.3. The summed E-state index contributed by atoms with van der Waals surface area (Å²) in [5, 5.41) is 0. The van der Waals surface area contributed by atoms with Gasteiger partial charge in [0.2, 0.25) is 0 Å². The maximum Gasteiger partial charge on any atom is 0.177 e. The number of anilines is 1. The molecule has 1 rings (SSSR count). The van der Waals surface area contributed by atoms with Crippen molar-refractivity contribution in [3.63, 3.8) is 0 Å². The van der Waals surface area contributed by atoms with Crippen LogP contribution in [0.4, 0.5) is 5.69 Å². The van der Waals surface area contributed by atoms with Gasteiger partial charge in [0.25, 0.3) is 0 Å². The van der Waals surface area contributed by atoms with Crippen LogP contribution in [0.1, 0.15) is 13.3 Å². The molecule has 1 aromatic carbocycles. The second kappa shape index (κ2) is 4.53. The van der Waals surface area contributed by atoms with Gasteiger partial charge in [-0.15, -0.1) is 0 Å². The summed E-state index contributed by atoms with van der Waals surface area (Å²) in [6, 6.07) is 4.76. The molecule has 0 atom stereocenters. The Morgan fingerprint density at radius 3 is 2.60 bits per heavy atom. The second-order valence-electron chi connectivity index (χ2n) is 3.29. The Labute approximate surface area is 90.0 Å². The van der Waals surface area contributed by atoms with Crippen molar-refractivity contribution in [2.45, 2.75) is 18.2 Å². The molecule has 0 spiro atoms. The van der Waals surface area contributed by atoms with E-state index in [1.165, 1.54) is 6.07 Å². The highest BCUT2D eigenvalue weighted by molar-refractivity contribution is 7.90. The summed E-state index contributed by atoms with van der Waals surface area (Å²) in [5.41, 5.74) is 5.89. The molecule has 4 nitrogen and oxygen atoms in total. The van der Waals surface area contributed by atoms with Gasteiger partial charge in [0.15, 0.2) is 9.84 Å². The third-order valence-corrected chi connectivity index (χ3v) is 3.04. The van der Waals surface area contributed by atoms with Gasteiger partial charge < -0.3 is 10.5 Å². The molecular formula is C10H15NO3S. The molecule has 5 heteroatoms. The monoisotopic (exact) mass is 229 g/mol. The third kappa shape index (κ3) is 2.86. The lowest BCUT2D eigenvalue weighted by molar-refractivity contribution is 0.318. The Hall–Kier alpha value is -1.23. The molecule has 15 heavy (non-hydrogen) atoms. The predicted octanol–water partition coefficient (Wildman–Crippen LogP) is 1.46. The minimum absolute atomic E-state index is 0.121. The average molecular weight is 229 g/mol. The van der Waals surface area contributed by atoms with E-state index in [1.54, 1.807) is 12.1 Å². The number of sulfone groups is 1. The Bertz CT molecular complexity index is 440. The quantitative estimate of drug-likeness (QED) is 0.793. The van der Waals surface area contributed by atoms with Gasteiger partial charge in [-0.05, 0) is 18.6 Å². The number of nitrogen functional groups attached to an aromatic ring is 1. The van der Waals surface area contributed by atoms with Crippen LogP contribution in [0.3, 0.4) is 0 Å². The smallest absolute Gasteiger partial charge is 0.177 e. The summed E-state index contributed by atoms with van der Waals surface area (Å²) < 4.78 is 28.0. The SMILES string of the molecule is CCCOc1cccc(S(C)(=O)=O)c1N. The Morgan fingerprint density at radius 2 is 2.07 bits per heavy atom. The van der Waals surface area contributed by atoms with Gasteiger partial charge in [-0.25, -0.2) is 8.42 Å². The van der Waals surface area contributed by atoms with Gasteiger partial charge in [0.1, 0.15) is 5.75 Å². The van der Waals surface area contributed by atoms with Crippen LogP contribution < -0.4 is 10.5 Å². The third-order valence-electron chi connectivity index (χ3n) is 1.89. The second-order valence-corrected chi connectivity index (χ2v) is 5.27. The number of benzene rings is 1. The molecule has 0 unspecified atom stereocenters. The van der Waals surface area contributed by atoms with Gasteiger partial charge in [0, 0.05) is 6.26 Å². The van der Waals surface area contributed by atoms with Crippen LogP contribution in [0.15, 0.2) is 23.1 Å². The first-order valence-corrected chi connectivity index (χ1v) is 6.57. The molecule has 0 aliphatic heterocycles. The molecule has 0 aromatic heterocycles. The van der Waals surface area contributed by atoms with Crippen LogP contribution in [0.25, 0.3) is 0 Å². The highest BCUT2D eigenvalue weighted by Crippen LogP contribution is 2.28. The van der Waals surface area contributed by atoms with Crippen molar-refractivity contribution in [2.75, 3.05) is 18.6 Å². The topological polar surface area (TPSA) is 69.4 Å². The van der Waals surface area contributed by atoms with Crippen molar-refractivity contribution in [1.82, 2.24) is 0 Å². The standard InChI is InChI=1S/C10H15NO3S/c1-3-7-14-8-5-4-6-9(10(8)11)15(2,12)13/h4-6H,3,7,11H2,1-2H3. The molecule has 2 N–H and O–H groups in total. The van der Waals surface area contributed by atoms with E-state index in [-0.39, 0.29) is 10.6 Å². The number of hydrogen-bond acceptors (Lipinski definition) is 4. The minimum atomic E-state index is -3.29. The van der Waals surface area contributed by atoms with Gasteiger partial charge in [-0.3, -0.25) is 0 Å². The van der Waals surface area contributed by atoms with E-state index in [1.807, 2.05) is 6.92 Å². The lowest BCUT2D eigenvalue weighted by Crippen LogP contribution is -2.05. The van der Waals surface area contributed by atoms with E-state index in [0.29, 0.717) is 12.4 Å². The molecule has 0 fully saturated rings. The summed E-state index contributed by atoms with van der Waals surface area (Å²) in [6.07, 6.45) is 1.98. The van der Waals surface area contributed by atoms with Crippen molar-refractivity contribution in [3.05, 3.63) is 18.2 Å². The summed E-state index contributed by atoms with van der Waals surface area (Å²) in [4.78, 5) is 0.121. The fourth-order valence-corrected chi connectivity index (χ4v) is 2.01. The minimum Gasteiger partial charge on any atom is -0.491 e. The first-order chi connectivity index (χ1) is 6.96. The van der Waals surface area contributed by atoms with Crippen molar-refractivity contribution < 1.29 is 13.2 Å². The lowest BCUT2D eigenvalue weighted by atomic mass is 10.3. The van der Waals surface area contributed by atoms with Crippen LogP contribution >= 0.6 is 0 Å². The molecule has 0 saturated heterocycles. The lowest BCUT2D eigenvalue weighted by Gasteiger charge is -2.10. The van der Waals surface area contributed by atoms with E-state index in [0.717, 1.165) is 12.7 Å². The van der Waals surface area contributed by atoms with E-state index in [4.69, 9.17) is 10.5 Å². The molecule has 0 aliphatic carbocycles. The largest absolute Gasteiger partial charge is 0.491 e. The first-order valence-electron chi connectivity index (χ1n) is 4.68. The maximum atomic E-state index is 11.3. The summed E-state index contributed by atoms with van der Waals surface area (Å²) in [5.74, 6) is 0.430. The number of hydrogen-bond donors (Lipinski definition) is 1. The highest BCUT2D eigenvalue weighted by atomic mass is 32.2. The molecule has 0 radical (unpaired) electrons. The van der Waals surface area contributed by atoms with Crippen molar-refractivity contribution in [3.8, 4) is 5.75 Å². The van der Waals surface area contributed by atoms with Crippen molar-refractivity contribution >= 4 is 15.5 Å². The molecule has 1 aromatic rings. The number of ether oxygens (including phenoxy) is 1. The number of nitrogens with two attached hydrogens (primary N) is 1. The van der Waals surface area contributed by atoms with Gasteiger partial charge >= 0.3 is 0 Å². The Kier molecular flexibility index (Phi) is 3.57. The first kappa shape index (κ1) is 11.8. The molecule has 0 amide bonds. The highest BCUT2D eigenvalue weighted by Gasteiger charge is 2.14. The predicted molar refractivity (Wildman–Crippen MR) is 59.8 cm³/mol. The molecule has 0 bridgehead atoms. The van der Waals surface area contributed by atoms with Crippen molar-refractivity contribution in [1.29, 1.82) is 0 Å². The van der Waals surface area contributed by atoms with E-state index >= 15 is 0 Å². The van der Waals surface area contributed by atoms with Gasteiger partial charge in [-0.1, -0.05) is 13.0 Å². The van der Waals surface area contributed by atoms with Crippen molar-refractivity contribution in [2.24, 2.45) is 0 Å². The van der Waals surface area contributed by atoms with Crippen LogP contribution in [0, 0.1) is 0 Å². The van der Waals surface area contributed by atoms with Gasteiger partial charge in [-0.2, -0.15) is 0 Å². The molecular weight excluding hydrogens is 214 g/mol. The van der Waals surface area contributed by atoms with E-state index in [2.05, 4.69) is 0 Å². The van der Waals surface area contributed by atoms with Crippen LogP contribution in [0.5, 0.6) is 5.75 Å². The van der Waals surface area contributed by atoms with Gasteiger partial charge in [0.05, 0.1) is 17.2 Å². The van der Waals surface area contributed by atoms with E-state index < -0.39 is 9.84 Å². The molecule has 0 heterocycles. The van der Waals surface area contributed by atoms with Crippen LogP contribution in [-0.4, -0.2) is 21.3 Å².